The lowest BCUT2D eigenvalue weighted by atomic mass is 9.84. The molecule has 11 rings (SSSR count). The van der Waals surface area contributed by atoms with Gasteiger partial charge in [-0.25, -0.2) is 0 Å². The zero-order chi connectivity index (χ0) is 33.5. The highest BCUT2D eigenvalue weighted by atomic mass is 15.0. The lowest BCUT2D eigenvalue weighted by Crippen LogP contribution is -2.02. The van der Waals surface area contributed by atoms with Gasteiger partial charge in [0.1, 0.15) is 0 Å². The van der Waals surface area contributed by atoms with Crippen molar-refractivity contribution in [2.24, 2.45) is 0 Å². The van der Waals surface area contributed by atoms with Gasteiger partial charge in [-0.1, -0.05) is 133 Å². The SMILES string of the molecule is c1ccc(-n2c3ccccc3c3cc(-c4ccccc4C4c5ccccc5-c5cc(-n6c7ccccc7c7ccccc76)ccc54)ccc32)cc1. The molecule has 1 aliphatic rings. The van der Waals surface area contributed by atoms with Crippen molar-refractivity contribution in [2.45, 2.75) is 5.92 Å². The Kier molecular flexibility index (Phi) is 6.05. The molecule has 238 valence electrons. The summed E-state index contributed by atoms with van der Waals surface area (Å²) in [7, 11) is 0. The fraction of sp³-hybridized carbons (Fsp3) is 0.0204. The van der Waals surface area contributed by atoms with Gasteiger partial charge in [0.25, 0.3) is 0 Å². The number of para-hydroxylation sites is 4. The van der Waals surface area contributed by atoms with Gasteiger partial charge in [-0.2, -0.15) is 0 Å². The maximum Gasteiger partial charge on any atom is 0.0541 e. The number of rotatable bonds is 4. The van der Waals surface area contributed by atoms with Crippen LogP contribution in [-0.2, 0) is 0 Å². The number of hydrogen-bond acceptors (Lipinski definition) is 0. The molecule has 0 aliphatic heterocycles. The molecule has 2 heterocycles. The zero-order valence-electron chi connectivity index (χ0n) is 27.9. The molecule has 10 aromatic rings. The van der Waals surface area contributed by atoms with E-state index in [0.717, 1.165) is 0 Å². The van der Waals surface area contributed by atoms with Crippen LogP contribution in [0.4, 0.5) is 0 Å². The van der Waals surface area contributed by atoms with Crippen LogP contribution in [0.5, 0.6) is 0 Å². The topological polar surface area (TPSA) is 9.86 Å². The molecule has 0 amide bonds. The number of fused-ring (bicyclic) bond motifs is 9. The monoisotopic (exact) mass is 648 g/mol. The summed E-state index contributed by atoms with van der Waals surface area (Å²) in [5.41, 5.74) is 16.5. The highest BCUT2D eigenvalue weighted by Crippen LogP contribution is 2.51. The van der Waals surface area contributed by atoms with Crippen molar-refractivity contribution in [2.75, 3.05) is 0 Å². The van der Waals surface area contributed by atoms with Gasteiger partial charge in [-0.05, 0) is 93.5 Å². The first-order valence-electron chi connectivity index (χ1n) is 17.7. The molecule has 0 saturated heterocycles. The van der Waals surface area contributed by atoms with E-state index in [1.54, 1.807) is 0 Å². The molecule has 2 aromatic heterocycles. The third-order valence-corrected chi connectivity index (χ3v) is 11.0. The third-order valence-electron chi connectivity index (χ3n) is 11.0. The first kappa shape index (κ1) is 28.2. The second-order valence-corrected chi connectivity index (χ2v) is 13.7. The van der Waals surface area contributed by atoms with Crippen molar-refractivity contribution in [3.8, 4) is 33.6 Å². The molecule has 0 N–H and O–H groups in total. The van der Waals surface area contributed by atoms with Crippen LogP contribution in [0.15, 0.2) is 188 Å². The molecule has 1 atom stereocenters. The average Bonchev–Trinajstić information content (AvgIpc) is 3.83. The summed E-state index contributed by atoms with van der Waals surface area (Å²) >= 11 is 0. The van der Waals surface area contributed by atoms with E-state index in [-0.39, 0.29) is 5.92 Å². The van der Waals surface area contributed by atoms with E-state index in [0.29, 0.717) is 0 Å². The lowest BCUT2D eigenvalue weighted by molar-refractivity contribution is 1.02. The Bertz CT molecular complexity index is 2920. The molecule has 8 aromatic carbocycles. The molecule has 1 aliphatic carbocycles. The molecule has 0 bridgehead atoms. The Morgan fingerprint density at radius 3 is 1.47 bits per heavy atom. The second kappa shape index (κ2) is 10.9. The van der Waals surface area contributed by atoms with Crippen LogP contribution in [0.3, 0.4) is 0 Å². The quantitative estimate of drug-likeness (QED) is 0.180. The molecule has 0 saturated carbocycles. The van der Waals surface area contributed by atoms with Crippen LogP contribution in [0.1, 0.15) is 22.6 Å². The minimum absolute atomic E-state index is 0.126. The van der Waals surface area contributed by atoms with E-state index >= 15 is 0 Å². The van der Waals surface area contributed by atoms with Crippen molar-refractivity contribution in [1.82, 2.24) is 9.13 Å². The minimum atomic E-state index is 0.126. The van der Waals surface area contributed by atoms with E-state index < -0.39 is 0 Å². The predicted octanol–water partition coefficient (Wildman–Crippen LogP) is 12.7. The molecule has 0 spiro atoms. The maximum atomic E-state index is 2.43. The van der Waals surface area contributed by atoms with Crippen LogP contribution in [-0.4, -0.2) is 9.13 Å². The number of benzene rings is 8. The van der Waals surface area contributed by atoms with Crippen LogP contribution in [0.25, 0.3) is 77.2 Å². The highest BCUT2D eigenvalue weighted by molar-refractivity contribution is 6.11. The molecule has 0 radical (unpaired) electrons. The summed E-state index contributed by atoms with van der Waals surface area (Å²) < 4.78 is 4.81. The standard InChI is InChI=1S/C49H32N2/c1-2-14-33(15-3-1)50-47-25-13-10-20-39(47)44-30-32(26-29-48(44)50)35-16-4-6-21-40(35)49-41-22-7-5-17-36(41)43-31-34(27-28-42(43)49)51-45-23-11-8-18-37(45)38-19-9-12-24-46(38)51/h1-31,49H. The normalized spacial score (nSPS) is 13.7. The van der Waals surface area contributed by atoms with Crippen LogP contribution in [0.2, 0.25) is 0 Å². The predicted molar refractivity (Wildman–Crippen MR) is 213 cm³/mol. The van der Waals surface area contributed by atoms with Gasteiger partial charge in [0, 0.05) is 38.8 Å². The van der Waals surface area contributed by atoms with Crippen LogP contribution in [0, 0.1) is 0 Å². The molecule has 2 nitrogen and oxygen atoms in total. The summed E-state index contributed by atoms with van der Waals surface area (Å²) in [6.45, 7) is 0. The Labute approximate surface area is 296 Å². The summed E-state index contributed by atoms with van der Waals surface area (Å²) in [5, 5.41) is 5.10. The second-order valence-electron chi connectivity index (χ2n) is 13.7. The van der Waals surface area contributed by atoms with Gasteiger partial charge >= 0.3 is 0 Å². The third kappa shape index (κ3) is 4.11. The molecule has 2 heteroatoms. The Hall–Kier alpha value is -6.64. The largest absolute Gasteiger partial charge is 0.309 e. The van der Waals surface area contributed by atoms with E-state index in [2.05, 4.69) is 197 Å². The number of hydrogen-bond donors (Lipinski definition) is 0. The summed E-state index contributed by atoms with van der Waals surface area (Å²) in [4.78, 5) is 0. The zero-order valence-corrected chi connectivity index (χ0v) is 27.9. The first-order chi connectivity index (χ1) is 25.3. The van der Waals surface area contributed by atoms with E-state index in [4.69, 9.17) is 0 Å². The highest BCUT2D eigenvalue weighted by Gasteiger charge is 2.32. The maximum absolute atomic E-state index is 2.43. The molecular formula is C49H32N2. The fourth-order valence-corrected chi connectivity index (χ4v) is 8.87. The van der Waals surface area contributed by atoms with Crippen molar-refractivity contribution < 1.29 is 0 Å². The van der Waals surface area contributed by atoms with E-state index in [1.807, 2.05) is 0 Å². The van der Waals surface area contributed by atoms with Crippen LogP contribution < -0.4 is 0 Å². The van der Waals surface area contributed by atoms with E-state index in [9.17, 15) is 0 Å². The van der Waals surface area contributed by atoms with Crippen molar-refractivity contribution in [3.63, 3.8) is 0 Å². The first-order valence-corrected chi connectivity index (χ1v) is 17.7. The summed E-state index contributed by atoms with van der Waals surface area (Å²) in [5.74, 6) is 0.126. The smallest absolute Gasteiger partial charge is 0.0541 e. The molecular weight excluding hydrogens is 617 g/mol. The van der Waals surface area contributed by atoms with Crippen molar-refractivity contribution in [1.29, 1.82) is 0 Å². The average molecular weight is 649 g/mol. The van der Waals surface area contributed by atoms with Gasteiger partial charge in [-0.15, -0.1) is 0 Å². The Morgan fingerprint density at radius 2 is 0.784 bits per heavy atom. The summed E-state index contributed by atoms with van der Waals surface area (Å²) in [6.07, 6.45) is 0. The molecule has 0 fully saturated rings. The van der Waals surface area contributed by atoms with E-state index in [1.165, 1.54) is 93.9 Å². The molecule has 1 unspecified atom stereocenters. The Balaban J connectivity index is 1.10. The van der Waals surface area contributed by atoms with Gasteiger partial charge in [0.15, 0.2) is 0 Å². The minimum Gasteiger partial charge on any atom is -0.309 e. The van der Waals surface area contributed by atoms with Crippen LogP contribution >= 0.6 is 0 Å². The Morgan fingerprint density at radius 1 is 0.294 bits per heavy atom. The molecule has 51 heavy (non-hydrogen) atoms. The number of nitrogens with zero attached hydrogens (tertiary/aromatic N) is 2. The van der Waals surface area contributed by atoms with Gasteiger partial charge in [0.05, 0.1) is 22.1 Å². The van der Waals surface area contributed by atoms with Crippen molar-refractivity contribution >= 4 is 43.6 Å². The van der Waals surface area contributed by atoms with Gasteiger partial charge in [-0.3, -0.25) is 0 Å². The fourth-order valence-electron chi connectivity index (χ4n) is 8.87. The van der Waals surface area contributed by atoms with Crippen molar-refractivity contribution in [3.05, 3.63) is 205 Å². The number of aromatic nitrogens is 2. The summed E-state index contributed by atoms with van der Waals surface area (Å²) in [6, 6.07) is 69.2. The van der Waals surface area contributed by atoms with Gasteiger partial charge in [0.2, 0.25) is 0 Å². The lowest BCUT2D eigenvalue weighted by Gasteiger charge is -2.19. The van der Waals surface area contributed by atoms with Gasteiger partial charge < -0.3 is 9.13 Å².